The van der Waals surface area contributed by atoms with Crippen LogP contribution in [-0.4, -0.2) is 72.1 Å². The van der Waals surface area contributed by atoms with Crippen molar-refractivity contribution in [2.75, 3.05) is 39.3 Å². The van der Waals surface area contributed by atoms with Crippen LogP contribution in [0, 0.1) is 0 Å². The molecular formula is C13H22N2O5. The number of hydrogen-bond acceptors (Lipinski definition) is 5. The lowest BCUT2D eigenvalue weighted by Crippen LogP contribution is -2.36. The fraction of sp³-hybridized carbons (Fsp3) is 0.769. The largest absolute Gasteiger partial charge is 0.480 e. The van der Waals surface area contributed by atoms with Gasteiger partial charge >= 0.3 is 11.9 Å². The van der Waals surface area contributed by atoms with Crippen LogP contribution in [0.1, 0.15) is 26.2 Å². The van der Waals surface area contributed by atoms with Gasteiger partial charge in [-0.2, -0.15) is 0 Å². The summed E-state index contributed by atoms with van der Waals surface area (Å²) in [7, 11) is 0. The van der Waals surface area contributed by atoms with E-state index in [1.54, 1.807) is 11.8 Å². The zero-order chi connectivity index (χ0) is 15.0. The molecule has 1 amide bonds. The van der Waals surface area contributed by atoms with Crippen LogP contribution < -0.4 is 0 Å². The molecule has 1 fully saturated rings. The summed E-state index contributed by atoms with van der Waals surface area (Å²) in [5.74, 6) is -1.29. The molecule has 1 heterocycles. The first-order valence-electron chi connectivity index (χ1n) is 6.90. The smallest absolute Gasteiger partial charge is 0.317 e. The van der Waals surface area contributed by atoms with Crippen LogP contribution in [-0.2, 0) is 19.1 Å². The summed E-state index contributed by atoms with van der Waals surface area (Å²) < 4.78 is 4.78. The first-order valence-corrected chi connectivity index (χ1v) is 6.90. The van der Waals surface area contributed by atoms with Crippen LogP contribution in [0.25, 0.3) is 0 Å². The molecule has 0 aromatic heterocycles. The van der Waals surface area contributed by atoms with E-state index < -0.39 is 5.97 Å². The SMILES string of the molecule is CCOC(=O)CCC(=O)N1CCCN(CC(=O)O)CC1. The summed E-state index contributed by atoms with van der Waals surface area (Å²) >= 11 is 0. The molecule has 0 saturated carbocycles. The molecule has 20 heavy (non-hydrogen) atoms. The Kier molecular flexibility index (Phi) is 7.00. The third kappa shape index (κ3) is 6.01. The molecule has 0 radical (unpaired) electrons. The first-order chi connectivity index (χ1) is 9.52. The maximum absolute atomic E-state index is 12.0. The molecule has 0 atom stereocenters. The van der Waals surface area contributed by atoms with Gasteiger partial charge in [0, 0.05) is 32.6 Å². The van der Waals surface area contributed by atoms with E-state index in [0.717, 1.165) is 6.42 Å². The summed E-state index contributed by atoms with van der Waals surface area (Å²) in [6, 6.07) is 0. The van der Waals surface area contributed by atoms with Gasteiger partial charge in [0.15, 0.2) is 0 Å². The molecule has 114 valence electrons. The van der Waals surface area contributed by atoms with Gasteiger partial charge in [0.1, 0.15) is 0 Å². The topological polar surface area (TPSA) is 87.2 Å². The maximum Gasteiger partial charge on any atom is 0.317 e. The predicted molar refractivity (Wildman–Crippen MR) is 71.1 cm³/mol. The van der Waals surface area contributed by atoms with Crippen molar-refractivity contribution < 1.29 is 24.2 Å². The van der Waals surface area contributed by atoms with E-state index in [-0.39, 0.29) is 31.3 Å². The molecule has 0 aromatic rings. The summed E-state index contributed by atoms with van der Waals surface area (Å²) in [6.45, 7) is 4.40. The second-order valence-electron chi connectivity index (χ2n) is 4.71. The second-order valence-corrected chi connectivity index (χ2v) is 4.71. The second kappa shape index (κ2) is 8.52. The lowest BCUT2D eigenvalue weighted by molar-refractivity contribution is -0.145. The summed E-state index contributed by atoms with van der Waals surface area (Å²) in [5.41, 5.74) is 0. The number of carbonyl (C=O) groups is 3. The number of amides is 1. The minimum atomic E-state index is -0.855. The van der Waals surface area contributed by atoms with Gasteiger partial charge in [-0.05, 0) is 13.3 Å². The number of esters is 1. The lowest BCUT2D eigenvalue weighted by Gasteiger charge is -2.21. The third-order valence-corrected chi connectivity index (χ3v) is 3.15. The van der Waals surface area contributed by atoms with Crippen molar-refractivity contribution in [3.63, 3.8) is 0 Å². The standard InChI is InChI=1S/C13H22N2O5/c1-2-20-13(19)5-4-11(16)15-7-3-6-14(8-9-15)10-12(17)18/h2-10H2,1H3,(H,17,18). The average molecular weight is 286 g/mol. The molecule has 0 aromatic carbocycles. The van der Waals surface area contributed by atoms with Crippen molar-refractivity contribution in [1.29, 1.82) is 0 Å². The van der Waals surface area contributed by atoms with Crippen LogP contribution in [0.2, 0.25) is 0 Å². The van der Waals surface area contributed by atoms with E-state index in [9.17, 15) is 14.4 Å². The van der Waals surface area contributed by atoms with Crippen LogP contribution in [0.4, 0.5) is 0 Å². The van der Waals surface area contributed by atoms with Crippen molar-refractivity contribution in [2.24, 2.45) is 0 Å². The van der Waals surface area contributed by atoms with Crippen LogP contribution >= 0.6 is 0 Å². The van der Waals surface area contributed by atoms with E-state index >= 15 is 0 Å². The van der Waals surface area contributed by atoms with Gasteiger partial charge in [0.2, 0.25) is 5.91 Å². The van der Waals surface area contributed by atoms with Gasteiger partial charge < -0.3 is 14.7 Å². The highest BCUT2D eigenvalue weighted by Gasteiger charge is 2.20. The van der Waals surface area contributed by atoms with E-state index in [0.29, 0.717) is 32.8 Å². The quantitative estimate of drug-likeness (QED) is 0.689. The minimum absolute atomic E-state index is 0.00482. The summed E-state index contributed by atoms with van der Waals surface area (Å²) in [4.78, 5) is 37.4. The van der Waals surface area contributed by atoms with Gasteiger partial charge in [-0.25, -0.2) is 0 Å². The molecule has 0 unspecified atom stereocenters. The fourth-order valence-corrected chi connectivity index (χ4v) is 2.17. The van der Waals surface area contributed by atoms with Gasteiger partial charge in [0.25, 0.3) is 0 Å². The van der Waals surface area contributed by atoms with Crippen LogP contribution in [0.15, 0.2) is 0 Å². The third-order valence-electron chi connectivity index (χ3n) is 3.15. The number of nitrogens with zero attached hydrogens (tertiary/aromatic N) is 2. The predicted octanol–water partition coefficient (Wildman–Crippen LogP) is -0.0514. The van der Waals surface area contributed by atoms with Crippen LogP contribution in [0.5, 0.6) is 0 Å². The number of ether oxygens (including phenoxy) is 1. The number of carboxylic acids is 1. The minimum Gasteiger partial charge on any atom is -0.480 e. The lowest BCUT2D eigenvalue weighted by atomic mass is 10.2. The van der Waals surface area contributed by atoms with Crippen molar-refractivity contribution in [3.8, 4) is 0 Å². The molecule has 0 aliphatic carbocycles. The Morgan fingerprint density at radius 1 is 1.10 bits per heavy atom. The number of carboxylic acid groups (broad SMARTS) is 1. The molecule has 0 spiro atoms. The number of carbonyl (C=O) groups excluding carboxylic acids is 2. The normalized spacial score (nSPS) is 16.6. The summed E-state index contributed by atoms with van der Waals surface area (Å²) in [6.07, 6.45) is 0.998. The van der Waals surface area contributed by atoms with E-state index in [1.807, 2.05) is 4.90 Å². The van der Waals surface area contributed by atoms with Gasteiger partial charge in [-0.15, -0.1) is 0 Å². The monoisotopic (exact) mass is 286 g/mol. The van der Waals surface area contributed by atoms with Gasteiger partial charge in [-0.3, -0.25) is 19.3 Å². The first kappa shape index (κ1) is 16.4. The highest BCUT2D eigenvalue weighted by molar-refractivity contribution is 5.81. The molecule has 1 aliphatic rings. The molecular weight excluding hydrogens is 264 g/mol. The zero-order valence-electron chi connectivity index (χ0n) is 11.8. The highest BCUT2D eigenvalue weighted by atomic mass is 16.5. The van der Waals surface area contributed by atoms with Crippen molar-refractivity contribution >= 4 is 17.8 Å². The maximum atomic E-state index is 12.0. The molecule has 0 bridgehead atoms. The summed E-state index contributed by atoms with van der Waals surface area (Å²) in [5, 5.41) is 8.75. The average Bonchev–Trinajstić information content (AvgIpc) is 2.61. The van der Waals surface area contributed by atoms with Crippen molar-refractivity contribution in [3.05, 3.63) is 0 Å². The Morgan fingerprint density at radius 3 is 2.50 bits per heavy atom. The molecule has 1 aliphatic heterocycles. The molecule has 1 saturated heterocycles. The number of rotatable bonds is 6. The fourth-order valence-electron chi connectivity index (χ4n) is 2.17. The molecule has 1 rings (SSSR count). The Balaban J connectivity index is 2.34. The van der Waals surface area contributed by atoms with Gasteiger partial charge in [0.05, 0.1) is 19.6 Å². The van der Waals surface area contributed by atoms with Crippen molar-refractivity contribution in [2.45, 2.75) is 26.2 Å². The van der Waals surface area contributed by atoms with E-state index in [2.05, 4.69) is 0 Å². The van der Waals surface area contributed by atoms with Crippen molar-refractivity contribution in [1.82, 2.24) is 9.80 Å². The van der Waals surface area contributed by atoms with E-state index in [4.69, 9.17) is 9.84 Å². The number of hydrogen-bond donors (Lipinski definition) is 1. The Bertz CT molecular complexity index is 359. The Hall–Kier alpha value is -1.63. The van der Waals surface area contributed by atoms with Crippen LogP contribution in [0.3, 0.4) is 0 Å². The Morgan fingerprint density at radius 2 is 1.85 bits per heavy atom. The molecule has 7 heteroatoms. The van der Waals surface area contributed by atoms with E-state index in [1.165, 1.54) is 0 Å². The van der Waals surface area contributed by atoms with Gasteiger partial charge in [-0.1, -0.05) is 0 Å². The molecule has 7 nitrogen and oxygen atoms in total. The highest BCUT2D eigenvalue weighted by Crippen LogP contribution is 2.06. The molecule has 1 N–H and O–H groups in total. The Labute approximate surface area is 118 Å². The number of aliphatic carboxylic acids is 1. The zero-order valence-corrected chi connectivity index (χ0v) is 11.8.